The standard InChI is InChI=1S/C20H21N/c1-2-13-6-7-14-8-9-16-15-4-3-5-20(21)18(15)11-10-17(16)19(14)12-13/h3-5,8-11,13H,2,6-7,12,21H2,1H3. The highest BCUT2D eigenvalue weighted by Crippen LogP contribution is 2.36. The molecule has 1 heteroatoms. The topological polar surface area (TPSA) is 26.0 Å². The molecule has 0 saturated carbocycles. The molecule has 1 aliphatic rings. The molecule has 1 nitrogen and oxygen atoms in total. The van der Waals surface area contributed by atoms with E-state index in [2.05, 4.69) is 43.3 Å². The van der Waals surface area contributed by atoms with Gasteiger partial charge in [0.1, 0.15) is 0 Å². The molecule has 3 aromatic rings. The molecule has 0 heterocycles. The van der Waals surface area contributed by atoms with Crippen molar-refractivity contribution >= 4 is 27.2 Å². The third-order valence-electron chi connectivity index (χ3n) is 5.19. The van der Waals surface area contributed by atoms with E-state index in [-0.39, 0.29) is 0 Å². The largest absolute Gasteiger partial charge is 0.398 e. The van der Waals surface area contributed by atoms with Gasteiger partial charge >= 0.3 is 0 Å². The van der Waals surface area contributed by atoms with Crippen LogP contribution in [-0.4, -0.2) is 0 Å². The number of nitrogens with two attached hydrogens (primary N) is 1. The Balaban J connectivity index is 2.03. The maximum absolute atomic E-state index is 6.13. The zero-order chi connectivity index (χ0) is 14.4. The SMILES string of the molecule is CCC1CCc2ccc3c(ccc4c(N)cccc43)c2C1. The Hall–Kier alpha value is -2.02. The molecule has 0 bridgehead atoms. The van der Waals surface area contributed by atoms with Crippen LogP contribution in [0.15, 0.2) is 42.5 Å². The molecule has 0 amide bonds. The normalized spacial score (nSPS) is 18.0. The minimum atomic E-state index is 0.847. The lowest BCUT2D eigenvalue weighted by Crippen LogP contribution is -2.13. The number of aryl methyl sites for hydroxylation is 1. The van der Waals surface area contributed by atoms with Crippen LogP contribution in [-0.2, 0) is 12.8 Å². The van der Waals surface area contributed by atoms with E-state index in [1.807, 2.05) is 6.07 Å². The van der Waals surface area contributed by atoms with E-state index in [4.69, 9.17) is 5.73 Å². The molecule has 21 heavy (non-hydrogen) atoms. The summed E-state index contributed by atoms with van der Waals surface area (Å²) in [7, 11) is 0. The number of fused-ring (bicyclic) bond motifs is 5. The molecule has 106 valence electrons. The van der Waals surface area contributed by atoms with Gasteiger partial charge in [-0.3, -0.25) is 0 Å². The molecule has 0 aromatic heterocycles. The van der Waals surface area contributed by atoms with Gasteiger partial charge < -0.3 is 5.73 Å². The highest BCUT2D eigenvalue weighted by Gasteiger charge is 2.19. The van der Waals surface area contributed by atoms with Crippen molar-refractivity contribution in [3.05, 3.63) is 53.6 Å². The van der Waals surface area contributed by atoms with Gasteiger partial charge in [0.15, 0.2) is 0 Å². The number of hydrogen-bond donors (Lipinski definition) is 1. The average Bonchev–Trinajstić information content (AvgIpc) is 2.54. The van der Waals surface area contributed by atoms with Gasteiger partial charge in [-0.1, -0.05) is 49.7 Å². The molecular weight excluding hydrogens is 254 g/mol. The Kier molecular flexibility index (Phi) is 2.88. The molecule has 0 fully saturated rings. The first-order chi connectivity index (χ1) is 10.3. The van der Waals surface area contributed by atoms with Crippen LogP contribution in [0.1, 0.15) is 30.9 Å². The van der Waals surface area contributed by atoms with Crippen molar-refractivity contribution in [3.63, 3.8) is 0 Å². The summed E-state index contributed by atoms with van der Waals surface area (Å²) in [5.74, 6) is 0.847. The summed E-state index contributed by atoms with van der Waals surface area (Å²) in [5.41, 5.74) is 10.1. The Morgan fingerprint density at radius 1 is 0.952 bits per heavy atom. The first kappa shape index (κ1) is 12.7. The van der Waals surface area contributed by atoms with Crippen LogP contribution in [0.25, 0.3) is 21.5 Å². The number of nitrogen functional groups attached to an aromatic ring is 1. The van der Waals surface area contributed by atoms with E-state index < -0.39 is 0 Å². The summed E-state index contributed by atoms with van der Waals surface area (Å²) in [4.78, 5) is 0. The maximum atomic E-state index is 6.13. The monoisotopic (exact) mass is 275 g/mol. The van der Waals surface area contributed by atoms with Crippen molar-refractivity contribution in [2.45, 2.75) is 32.6 Å². The van der Waals surface area contributed by atoms with Gasteiger partial charge in [-0.2, -0.15) is 0 Å². The molecule has 4 rings (SSSR count). The summed E-state index contributed by atoms with van der Waals surface area (Å²) < 4.78 is 0. The summed E-state index contributed by atoms with van der Waals surface area (Å²) in [6.07, 6.45) is 5.10. The van der Waals surface area contributed by atoms with E-state index in [0.29, 0.717) is 0 Å². The molecule has 0 radical (unpaired) electrons. The number of benzene rings is 3. The van der Waals surface area contributed by atoms with E-state index in [9.17, 15) is 0 Å². The van der Waals surface area contributed by atoms with E-state index in [1.165, 1.54) is 47.2 Å². The predicted molar refractivity (Wildman–Crippen MR) is 91.7 cm³/mol. The summed E-state index contributed by atoms with van der Waals surface area (Å²) in [6, 6.07) is 15.4. The first-order valence-corrected chi connectivity index (χ1v) is 7.99. The quantitative estimate of drug-likeness (QED) is 0.486. The molecular formula is C20H21N. The van der Waals surface area contributed by atoms with E-state index in [0.717, 1.165) is 11.6 Å². The van der Waals surface area contributed by atoms with Crippen LogP contribution in [0.4, 0.5) is 5.69 Å². The van der Waals surface area contributed by atoms with Gasteiger partial charge in [-0.15, -0.1) is 0 Å². The van der Waals surface area contributed by atoms with Crippen molar-refractivity contribution in [1.82, 2.24) is 0 Å². The lowest BCUT2D eigenvalue weighted by molar-refractivity contribution is 0.447. The van der Waals surface area contributed by atoms with Gasteiger partial charge in [-0.25, -0.2) is 0 Å². The van der Waals surface area contributed by atoms with E-state index >= 15 is 0 Å². The van der Waals surface area contributed by atoms with Gasteiger partial charge in [-0.05, 0) is 58.5 Å². The summed E-state index contributed by atoms with van der Waals surface area (Å²) in [5, 5.41) is 5.25. The van der Waals surface area contributed by atoms with Crippen molar-refractivity contribution in [1.29, 1.82) is 0 Å². The minimum Gasteiger partial charge on any atom is -0.398 e. The van der Waals surface area contributed by atoms with Gasteiger partial charge in [0, 0.05) is 11.1 Å². The Bertz CT molecular complexity index is 832. The zero-order valence-corrected chi connectivity index (χ0v) is 12.5. The average molecular weight is 275 g/mol. The van der Waals surface area contributed by atoms with Crippen LogP contribution in [0.5, 0.6) is 0 Å². The molecule has 0 saturated heterocycles. The second-order valence-electron chi connectivity index (χ2n) is 6.32. The Morgan fingerprint density at radius 3 is 2.57 bits per heavy atom. The Labute approximate surface area is 125 Å². The molecule has 1 unspecified atom stereocenters. The smallest absolute Gasteiger partial charge is 0.0393 e. The second-order valence-corrected chi connectivity index (χ2v) is 6.32. The van der Waals surface area contributed by atoms with Crippen molar-refractivity contribution in [2.24, 2.45) is 5.92 Å². The van der Waals surface area contributed by atoms with Crippen molar-refractivity contribution < 1.29 is 0 Å². The van der Waals surface area contributed by atoms with Gasteiger partial charge in [0.05, 0.1) is 0 Å². The van der Waals surface area contributed by atoms with Gasteiger partial charge in [0.2, 0.25) is 0 Å². The molecule has 3 aromatic carbocycles. The van der Waals surface area contributed by atoms with Crippen LogP contribution >= 0.6 is 0 Å². The Morgan fingerprint density at radius 2 is 1.71 bits per heavy atom. The molecule has 1 aliphatic carbocycles. The lowest BCUT2D eigenvalue weighted by atomic mass is 9.80. The molecule has 0 aliphatic heterocycles. The number of hydrogen-bond acceptors (Lipinski definition) is 1. The zero-order valence-electron chi connectivity index (χ0n) is 12.5. The van der Waals surface area contributed by atoms with Crippen LogP contribution < -0.4 is 5.73 Å². The van der Waals surface area contributed by atoms with Crippen molar-refractivity contribution in [3.8, 4) is 0 Å². The van der Waals surface area contributed by atoms with Crippen LogP contribution in [0.3, 0.4) is 0 Å². The molecule has 1 atom stereocenters. The third kappa shape index (κ3) is 1.91. The third-order valence-corrected chi connectivity index (χ3v) is 5.19. The van der Waals surface area contributed by atoms with E-state index in [1.54, 1.807) is 11.1 Å². The summed E-state index contributed by atoms with van der Waals surface area (Å²) >= 11 is 0. The predicted octanol–water partition coefficient (Wildman–Crippen LogP) is 5.09. The molecule has 0 spiro atoms. The maximum Gasteiger partial charge on any atom is 0.0393 e. The highest BCUT2D eigenvalue weighted by molar-refractivity contribution is 6.12. The second kappa shape index (κ2) is 4.77. The lowest BCUT2D eigenvalue weighted by Gasteiger charge is -2.25. The minimum absolute atomic E-state index is 0.847. The van der Waals surface area contributed by atoms with Crippen LogP contribution in [0.2, 0.25) is 0 Å². The number of anilines is 1. The fourth-order valence-electron chi connectivity index (χ4n) is 3.88. The van der Waals surface area contributed by atoms with Gasteiger partial charge in [0.25, 0.3) is 0 Å². The number of rotatable bonds is 1. The highest BCUT2D eigenvalue weighted by atomic mass is 14.5. The fourth-order valence-corrected chi connectivity index (χ4v) is 3.88. The first-order valence-electron chi connectivity index (χ1n) is 7.99. The fraction of sp³-hybridized carbons (Fsp3) is 0.300. The molecule has 2 N–H and O–H groups in total. The van der Waals surface area contributed by atoms with Crippen molar-refractivity contribution in [2.75, 3.05) is 5.73 Å². The van der Waals surface area contributed by atoms with Crippen LogP contribution in [0, 0.1) is 5.92 Å². The summed E-state index contributed by atoms with van der Waals surface area (Å²) in [6.45, 7) is 2.32.